The number of rotatable bonds is 2. The predicted molar refractivity (Wildman–Crippen MR) is 105 cm³/mol. The maximum atomic E-state index is 13.4. The van der Waals surface area contributed by atoms with Crippen LogP contribution < -0.4 is 9.80 Å². The fourth-order valence-corrected chi connectivity index (χ4v) is 3.74. The Bertz CT molecular complexity index is 1160. The Kier molecular flexibility index (Phi) is 3.97. The zero-order valence-corrected chi connectivity index (χ0v) is 16.1. The lowest BCUT2D eigenvalue weighted by Gasteiger charge is -2.25. The molecule has 0 aliphatic carbocycles. The first-order valence-electron chi connectivity index (χ1n) is 8.00. The molecule has 1 aliphatic heterocycles. The van der Waals surface area contributed by atoms with Gasteiger partial charge in [0.15, 0.2) is 5.82 Å². The maximum Gasteiger partial charge on any atom is 0.268 e. The van der Waals surface area contributed by atoms with Gasteiger partial charge in [0.2, 0.25) is 0 Å². The Morgan fingerprint density at radius 2 is 1.74 bits per heavy atom. The standard InChI is InChI=1S/C18H15ClN4O3S/c1-21-15-9-8-12(19)10-16(15)23(13-6-4-3-5-7-13)18(24)14-11-22(20-17(14)21)27(2,25)26/h3-11H,1-2H3. The second kappa shape index (κ2) is 6.11. The normalized spacial score (nSPS) is 14.0. The monoisotopic (exact) mass is 402 g/mol. The molecule has 2 heterocycles. The van der Waals surface area contributed by atoms with Crippen molar-refractivity contribution in [2.24, 2.45) is 0 Å². The Morgan fingerprint density at radius 3 is 2.41 bits per heavy atom. The van der Waals surface area contributed by atoms with Gasteiger partial charge in [0.05, 0.1) is 23.8 Å². The van der Waals surface area contributed by atoms with Crippen LogP contribution in [0.5, 0.6) is 0 Å². The Balaban J connectivity index is 2.03. The molecular weight excluding hydrogens is 388 g/mol. The quantitative estimate of drug-likeness (QED) is 0.656. The summed E-state index contributed by atoms with van der Waals surface area (Å²) in [6.07, 6.45) is 2.28. The molecule has 1 amide bonds. The van der Waals surface area contributed by atoms with Gasteiger partial charge >= 0.3 is 0 Å². The van der Waals surface area contributed by atoms with E-state index in [0.717, 1.165) is 10.3 Å². The lowest BCUT2D eigenvalue weighted by atomic mass is 10.2. The van der Waals surface area contributed by atoms with E-state index in [9.17, 15) is 13.2 Å². The van der Waals surface area contributed by atoms with Crippen LogP contribution in [0.3, 0.4) is 0 Å². The number of carbonyl (C=O) groups excluding carboxylic acids is 1. The number of benzene rings is 2. The van der Waals surface area contributed by atoms with Crippen LogP contribution >= 0.6 is 11.6 Å². The minimum Gasteiger partial charge on any atom is -0.325 e. The van der Waals surface area contributed by atoms with E-state index in [4.69, 9.17) is 11.6 Å². The first kappa shape index (κ1) is 17.6. The number of amides is 1. The zero-order valence-electron chi connectivity index (χ0n) is 14.5. The number of carbonyl (C=O) groups is 1. The van der Waals surface area contributed by atoms with Crippen molar-refractivity contribution in [2.45, 2.75) is 0 Å². The average molecular weight is 403 g/mol. The van der Waals surface area contributed by atoms with E-state index in [1.807, 2.05) is 18.2 Å². The highest BCUT2D eigenvalue weighted by atomic mass is 35.5. The van der Waals surface area contributed by atoms with Crippen molar-refractivity contribution in [1.29, 1.82) is 0 Å². The summed E-state index contributed by atoms with van der Waals surface area (Å²) >= 11 is 6.19. The molecule has 0 saturated carbocycles. The minimum absolute atomic E-state index is 0.180. The van der Waals surface area contributed by atoms with Gasteiger partial charge in [-0.3, -0.25) is 9.69 Å². The van der Waals surface area contributed by atoms with Gasteiger partial charge in [-0.2, -0.15) is 4.09 Å². The molecule has 4 rings (SSSR count). The van der Waals surface area contributed by atoms with Gasteiger partial charge in [-0.15, -0.1) is 5.10 Å². The molecule has 3 aromatic rings. The Hall–Kier alpha value is -2.84. The number of anilines is 4. The highest BCUT2D eigenvalue weighted by Crippen LogP contribution is 2.43. The van der Waals surface area contributed by atoms with Gasteiger partial charge in [0.25, 0.3) is 15.9 Å². The molecule has 138 valence electrons. The van der Waals surface area contributed by atoms with E-state index in [-0.39, 0.29) is 17.3 Å². The van der Waals surface area contributed by atoms with Crippen LogP contribution in [0.1, 0.15) is 10.4 Å². The molecule has 0 fully saturated rings. The molecular formula is C18H15ClN4O3S. The van der Waals surface area contributed by atoms with Crippen LogP contribution in [-0.2, 0) is 10.0 Å². The van der Waals surface area contributed by atoms with E-state index in [1.165, 1.54) is 11.1 Å². The molecule has 1 aliphatic rings. The van der Waals surface area contributed by atoms with Gasteiger partial charge in [-0.05, 0) is 30.3 Å². The summed E-state index contributed by atoms with van der Waals surface area (Å²) in [7, 11) is -1.91. The molecule has 0 atom stereocenters. The average Bonchev–Trinajstić information content (AvgIpc) is 3.05. The van der Waals surface area contributed by atoms with Gasteiger partial charge in [0, 0.05) is 17.8 Å². The van der Waals surface area contributed by atoms with Crippen molar-refractivity contribution in [3.63, 3.8) is 0 Å². The molecule has 7 nitrogen and oxygen atoms in total. The topological polar surface area (TPSA) is 75.5 Å². The third-order valence-corrected chi connectivity index (χ3v) is 5.42. The van der Waals surface area contributed by atoms with Crippen LogP contribution in [0.2, 0.25) is 5.02 Å². The summed E-state index contributed by atoms with van der Waals surface area (Å²) in [6, 6.07) is 14.3. The highest BCUT2D eigenvalue weighted by molar-refractivity contribution is 7.89. The molecule has 9 heteroatoms. The minimum atomic E-state index is -3.63. The van der Waals surface area contributed by atoms with Gasteiger partial charge in [-0.1, -0.05) is 29.8 Å². The zero-order chi connectivity index (χ0) is 19.3. The molecule has 2 aromatic carbocycles. The molecule has 0 bridgehead atoms. The Labute approximate surface area is 161 Å². The van der Waals surface area contributed by atoms with Crippen molar-refractivity contribution >= 4 is 50.4 Å². The fourth-order valence-electron chi connectivity index (χ4n) is 3.05. The molecule has 0 spiro atoms. The van der Waals surface area contributed by atoms with Gasteiger partial charge in [0.1, 0.15) is 5.56 Å². The smallest absolute Gasteiger partial charge is 0.268 e. The van der Waals surface area contributed by atoms with Gasteiger partial charge in [-0.25, -0.2) is 8.42 Å². The molecule has 0 saturated heterocycles. The van der Waals surface area contributed by atoms with E-state index in [0.29, 0.717) is 22.1 Å². The summed E-state index contributed by atoms with van der Waals surface area (Å²) < 4.78 is 24.7. The first-order valence-corrected chi connectivity index (χ1v) is 10.2. The summed E-state index contributed by atoms with van der Waals surface area (Å²) in [5.74, 6) is -0.133. The number of nitrogens with zero attached hydrogens (tertiary/aromatic N) is 4. The van der Waals surface area contributed by atoms with Crippen LogP contribution in [0, 0.1) is 0 Å². The summed E-state index contributed by atoms with van der Waals surface area (Å²) in [6.45, 7) is 0. The first-order chi connectivity index (χ1) is 12.8. The largest absolute Gasteiger partial charge is 0.325 e. The third-order valence-electron chi connectivity index (χ3n) is 4.32. The van der Waals surface area contributed by atoms with Crippen LogP contribution in [-0.4, -0.2) is 36.8 Å². The second-order valence-corrected chi connectivity index (χ2v) is 8.45. The maximum absolute atomic E-state index is 13.4. The number of fused-ring (bicyclic) bond motifs is 2. The second-order valence-electron chi connectivity index (χ2n) is 6.17. The number of para-hydroxylation sites is 1. The van der Waals surface area contributed by atoms with Crippen LogP contribution in [0.4, 0.5) is 22.9 Å². The van der Waals surface area contributed by atoms with Gasteiger partial charge < -0.3 is 4.90 Å². The number of hydrogen-bond donors (Lipinski definition) is 0. The molecule has 27 heavy (non-hydrogen) atoms. The molecule has 0 unspecified atom stereocenters. The third kappa shape index (κ3) is 2.87. The highest BCUT2D eigenvalue weighted by Gasteiger charge is 2.34. The fraction of sp³-hybridized carbons (Fsp3) is 0.111. The molecule has 0 N–H and O–H groups in total. The Morgan fingerprint density at radius 1 is 1.04 bits per heavy atom. The number of halogens is 1. The van der Waals surface area contributed by atoms with Crippen LogP contribution in [0.15, 0.2) is 54.7 Å². The van der Waals surface area contributed by atoms with Crippen molar-refractivity contribution in [2.75, 3.05) is 23.1 Å². The number of hydrogen-bond acceptors (Lipinski definition) is 5. The van der Waals surface area contributed by atoms with E-state index in [2.05, 4.69) is 5.10 Å². The SMILES string of the molecule is CN1c2ccc(Cl)cc2N(c2ccccc2)C(=O)c2cn(S(C)(=O)=O)nc21. The van der Waals surface area contributed by atoms with Crippen molar-refractivity contribution in [1.82, 2.24) is 9.19 Å². The van der Waals surface area contributed by atoms with Crippen molar-refractivity contribution in [3.8, 4) is 0 Å². The summed E-state index contributed by atoms with van der Waals surface area (Å²) in [5, 5.41) is 4.62. The van der Waals surface area contributed by atoms with E-state index in [1.54, 1.807) is 42.3 Å². The lowest BCUT2D eigenvalue weighted by molar-refractivity contribution is 0.100. The number of aromatic nitrogens is 2. The van der Waals surface area contributed by atoms with Crippen molar-refractivity contribution < 1.29 is 13.2 Å². The molecule has 0 radical (unpaired) electrons. The van der Waals surface area contributed by atoms with E-state index >= 15 is 0 Å². The summed E-state index contributed by atoms with van der Waals surface area (Å²) in [4.78, 5) is 16.6. The summed E-state index contributed by atoms with van der Waals surface area (Å²) in [5.41, 5.74) is 2.08. The van der Waals surface area contributed by atoms with Crippen LogP contribution in [0.25, 0.3) is 0 Å². The van der Waals surface area contributed by atoms with E-state index < -0.39 is 10.0 Å². The molecule has 1 aromatic heterocycles. The predicted octanol–water partition coefficient (Wildman–Crippen LogP) is 3.40. The lowest BCUT2D eigenvalue weighted by Crippen LogP contribution is -2.25. The van der Waals surface area contributed by atoms with Crippen molar-refractivity contribution in [3.05, 3.63) is 65.3 Å².